The molecule has 0 aliphatic heterocycles. The normalized spacial score (nSPS) is 19.9. The summed E-state index contributed by atoms with van der Waals surface area (Å²) in [7, 11) is 0. The largest absolute Gasteiger partial charge is 0.308 e. The highest BCUT2D eigenvalue weighted by Crippen LogP contribution is 2.18. The van der Waals surface area contributed by atoms with Gasteiger partial charge in [-0.1, -0.05) is 48.6 Å². The van der Waals surface area contributed by atoms with E-state index in [0.717, 1.165) is 12.1 Å². The monoisotopic (exact) mass is 259 g/mol. The van der Waals surface area contributed by atoms with Gasteiger partial charge in [0.15, 0.2) is 0 Å². The number of nitrogens with one attached hydrogen (secondary N) is 1. The molecule has 2 atom stereocenters. The van der Waals surface area contributed by atoms with E-state index in [9.17, 15) is 9.18 Å². The van der Waals surface area contributed by atoms with Crippen molar-refractivity contribution in [1.82, 2.24) is 5.32 Å². The van der Waals surface area contributed by atoms with Crippen molar-refractivity contribution in [2.24, 2.45) is 5.92 Å². The summed E-state index contributed by atoms with van der Waals surface area (Å²) in [6.45, 7) is 2.83. The third-order valence-corrected chi connectivity index (χ3v) is 3.38. The van der Waals surface area contributed by atoms with Gasteiger partial charge in [-0.05, 0) is 24.5 Å². The van der Waals surface area contributed by atoms with E-state index in [2.05, 4.69) is 24.4 Å². The van der Waals surface area contributed by atoms with Crippen molar-refractivity contribution in [3.8, 4) is 0 Å². The number of halogens is 1. The van der Waals surface area contributed by atoms with Crippen LogP contribution in [0.15, 0.2) is 54.1 Å². The van der Waals surface area contributed by atoms with Gasteiger partial charge >= 0.3 is 6.04 Å². The van der Waals surface area contributed by atoms with Crippen LogP contribution in [-0.2, 0) is 4.79 Å². The summed E-state index contributed by atoms with van der Waals surface area (Å²) in [4.78, 5) is 10.6. The first kappa shape index (κ1) is 13.7. The minimum Gasteiger partial charge on any atom is -0.306 e. The molecular formula is C16H18FNO. The maximum absolute atomic E-state index is 12.5. The highest BCUT2D eigenvalue weighted by Gasteiger charge is 2.16. The molecule has 0 fully saturated rings. The van der Waals surface area contributed by atoms with Gasteiger partial charge in [-0.25, -0.2) is 0 Å². The summed E-state index contributed by atoms with van der Waals surface area (Å²) in [5.74, 6) is -0.588. The fraction of sp³-hybridized carbons (Fsp3) is 0.312. The fourth-order valence-electron chi connectivity index (χ4n) is 2.09. The smallest absolute Gasteiger partial charge is 0.306 e. The molecule has 2 unspecified atom stereocenters. The zero-order valence-electron chi connectivity index (χ0n) is 11.0. The van der Waals surface area contributed by atoms with Crippen LogP contribution in [0.5, 0.6) is 0 Å². The number of benzene rings is 1. The molecule has 0 bridgehead atoms. The van der Waals surface area contributed by atoms with Crippen LogP contribution >= 0.6 is 0 Å². The number of carbonyl (C=O) groups is 1. The Kier molecular flexibility index (Phi) is 4.63. The minimum atomic E-state index is -1.25. The lowest BCUT2D eigenvalue weighted by molar-refractivity contribution is -0.131. The standard InChI is InChI=1S/C16H18FNO/c1-12(14-5-3-2-4-6-14)18-11-13-7-9-15(10-8-13)16(17)19/h2-9,12,15,18H,10-11H2,1H3. The number of carbonyl (C=O) groups excluding carboxylic acids is 1. The summed E-state index contributed by atoms with van der Waals surface area (Å²) in [5.41, 5.74) is 2.33. The highest BCUT2D eigenvalue weighted by molar-refractivity contribution is 5.74. The molecule has 0 radical (unpaired) electrons. The summed E-state index contributed by atoms with van der Waals surface area (Å²) in [6, 6.07) is 9.21. The van der Waals surface area contributed by atoms with Crippen LogP contribution in [0.4, 0.5) is 4.39 Å². The first-order valence-corrected chi connectivity index (χ1v) is 6.51. The van der Waals surface area contributed by atoms with Crippen LogP contribution in [0.3, 0.4) is 0 Å². The average Bonchev–Trinajstić information content (AvgIpc) is 2.46. The quantitative estimate of drug-likeness (QED) is 0.822. The van der Waals surface area contributed by atoms with E-state index in [4.69, 9.17) is 0 Å². The fourth-order valence-corrected chi connectivity index (χ4v) is 2.09. The number of rotatable bonds is 5. The van der Waals surface area contributed by atoms with E-state index in [0.29, 0.717) is 6.42 Å². The van der Waals surface area contributed by atoms with Crippen LogP contribution in [0.2, 0.25) is 0 Å². The SMILES string of the molecule is CC(NCC1=CCC(C(=O)F)C=C1)c1ccccc1. The van der Waals surface area contributed by atoms with Crippen molar-refractivity contribution in [2.45, 2.75) is 19.4 Å². The van der Waals surface area contributed by atoms with E-state index >= 15 is 0 Å². The Balaban J connectivity index is 1.84. The van der Waals surface area contributed by atoms with Gasteiger partial charge in [0.05, 0.1) is 5.92 Å². The summed E-state index contributed by atoms with van der Waals surface area (Å²) in [6.07, 6.45) is 5.86. The van der Waals surface area contributed by atoms with Crippen LogP contribution in [-0.4, -0.2) is 12.6 Å². The van der Waals surface area contributed by atoms with Gasteiger partial charge in [0.2, 0.25) is 0 Å². The Bertz CT molecular complexity index is 493. The molecule has 0 aromatic heterocycles. The van der Waals surface area contributed by atoms with Crippen molar-refractivity contribution in [3.63, 3.8) is 0 Å². The molecule has 1 aliphatic rings. The second-order valence-electron chi connectivity index (χ2n) is 4.80. The predicted octanol–water partition coefficient (Wildman–Crippen LogP) is 3.34. The molecule has 0 heterocycles. The maximum Gasteiger partial charge on any atom is 0.308 e. The highest BCUT2D eigenvalue weighted by atomic mass is 19.1. The molecule has 19 heavy (non-hydrogen) atoms. The third kappa shape index (κ3) is 3.86. The second kappa shape index (κ2) is 6.43. The molecule has 3 heteroatoms. The van der Waals surface area contributed by atoms with Crippen LogP contribution in [0.25, 0.3) is 0 Å². The predicted molar refractivity (Wildman–Crippen MR) is 74.3 cm³/mol. The van der Waals surface area contributed by atoms with Crippen molar-refractivity contribution in [1.29, 1.82) is 0 Å². The van der Waals surface area contributed by atoms with E-state index < -0.39 is 12.0 Å². The molecule has 0 saturated heterocycles. The molecule has 0 spiro atoms. The van der Waals surface area contributed by atoms with Crippen molar-refractivity contribution in [2.75, 3.05) is 6.54 Å². The molecule has 1 aliphatic carbocycles. The molecule has 2 nitrogen and oxygen atoms in total. The molecule has 0 saturated carbocycles. The first-order valence-electron chi connectivity index (χ1n) is 6.51. The molecule has 1 aromatic rings. The van der Waals surface area contributed by atoms with Crippen LogP contribution < -0.4 is 5.32 Å². The van der Waals surface area contributed by atoms with Gasteiger partial charge in [-0.2, -0.15) is 4.39 Å². The molecule has 0 amide bonds. The van der Waals surface area contributed by atoms with Gasteiger partial charge < -0.3 is 5.32 Å². The first-order chi connectivity index (χ1) is 9.16. The summed E-state index contributed by atoms with van der Waals surface area (Å²) < 4.78 is 12.5. The Morgan fingerprint density at radius 2 is 2.16 bits per heavy atom. The van der Waals surface area contributed by atoms with Gasteiger partial charge in [0.25, 0.3) is 0 Å². The molecule has 2 rings (SSSR count). The lowest BCUT2D eigenvalue weighted by atomic mass is 9.97. The van der Waals surface area contributed by atoms with Crippen LogP contribution in [0, 0.1) is 5.92 Å². The van der Waals surface area contributed by atoms with Crippen molar-refractivity contribution < 1.29 is 9.18 Å². The summed E-state index contributed by atoms with van der Waals surface area (Å²) >= 11 is 0. The lowest BCUT2D eigenvalue weighted by Gasteiger charge is -2.17. The Morgan fingerprint density at radius 3 is 2.74 bits per heavy atom. The number of hydrogen-bond donors (Lipinski definition) is 1. The lowest BCUT2D eigenvalue weighted by Crippen LogP contribution is -2.22. The molecule has 1 aromatic carbocycles. The number of allylic oxidation sites excluding steroid dienone is 2. The van der Waals surface area contributed by atoms with E-state index in [1.54, 1.807) is 6.08 Å². The Morgan fingerprint density at radius 1 is 1.42 bits per heavy atom. The van der Waals surface area contributed by atoms with E-state index in [1.807, 2.05) is 30.4 Å². The number of hydrogen-bond acceptors (Lipinski definition) is 2. The van der Waals surface area contributed by atoms with Gasteiger partial charge in [-0.3, -0.25) is 4.79 Å². The van der Waals surface area contributed by atoms with Gasteiger partial charge in [-0.15, -0.1) is 0 Å². The van der Waals surface area contributed by atoms with E-state index in [-0.39, 0.29) is 6.04 Å². The van der Waals surface area contributed by atoms with Crippen molar-refractivity contribution >= 4 is 6.04 Å². The average molecular weight is 259 g/mol. The molecule has 1 N–H and O–H groups in total. The minimum absolute atomic E-state index is 0.260. The van der Waals surface area contributed by atoms with Crippen LogP contribution in [0.1, 0.15) is 24.9 Å². The molecule has 100 valence electrons. The Hall–Kier alpha value is -1.74. The van der Waals surface area contributed by atoms with E-state index in [1.165, 1.54) is 5.56 Å². The second-order valence-corrected chi connectivity index (χ2v) is 4.80. The molecular weight excluding hydrogens is 241 g/mol. The Labute approximate surface area is 113 Å². The third-order valence-electron chi connectivity index (χ3n) is 3.38. The van der Waals surface area contributed by atoms with Gasteiger partial charge in [0, 0.05) is 12.6 Å². The van der Waals surface area contributed by atoms with Gasteiger partial charge in [0.1, 0.15) is 0 Å². The zero-order chi connectivity index (χ0) is 13.7. The van der Waals surface area contributed by atoms with Crippen molar-refractivity contribution in [3.05, 3.63) is 59.7 Å². The zero-order valence-corrected chi connectivity index (χ0v) is 11.0. The topological polar surface area (TPSA) is 29.1 Å². The summed E-state index contributed by atoms with van der Waals surface area (Å²) in [5, 5.41) is 3.41. The maximum atomic E-state index is 12.5.